The second-order valence-electron chi connectivity index (χ2n) is 3.94. The zero-order valence-electron chi connectivity index (χ0n) is 10.1. The van der Waals surface area contributed by atoms with Gasteiger partial charge in [0.15, 0.2) is 0 Å². The molecule has 0 aliphatic rings. The summed E-state index contributed by atoms with van der Waals surface area (Å²) >= 11 is 1.31. The van der Waals surface area contributed by atoms with E-state index >= 15 is 0 Å². The van der Waals surface area contributed by atoms with Gasteiger partial charge in [0.2, 0.25) is 11.0 Å². The van der Waals surface area contributed by atoms with Crippen LogP contribution in [0, 0.1) is 0 Å². The van der Waals surface area contributed by atoms with Gasteiger partial charge in [0, 0.05) is 7.05 Å². The molecule has 2 rings (SSSR count). The molecule has 94 valence electrons. The lowest BCUT2D eigenvalue weighted by molar-refractivity contribution is -0.119. The second kappa shape index (κ2) is 5.14. The van der Waals surface area contributed by atoms with E-state index in [1.54, 1.807) is 37.7 Å². The van der Waals surface area contributed by atoms with Crippen molar-refractivity contribution >= 4 is 22.4 Å². The number of hydrogen-bond donors (Lipinski definition) is 1. The largest absolute Gasteiger partial charge is 0.508 e. The molecule has 0 bridgehead atoms. The van der Waals surface area contributed by atoms with Gasteiger partial charge < -0.3 is 5.11 Å². The van der Waals surface area contributed by atoms with E-state index in [0.29, 0.717) is 5.13 Å². The Kier molecular flexibility index (Phi) is 3.57. The number of rotatable bonds is 3. The molecule has 0 saturated heterocycles. The first-order valence-electron chi connectivity index (χ1n) is 5.42. The molecule has 1 aromatic carbocycles. The predicted octanol–water partition coefficient (Wildman–Crippen LogP) is 2.01. The van der Waals surface area contributed by atoms with Crippen molar-refractivity contribution < 1.29 is 9.90 Å². The van der Waals surface area contributed by atoms with Crippen molar-refractivity contribution in [1.29, 1.82) is 0 Å². The second-order valence-corrected chi connectivity index (χ2v) is 4.75. The molecular weight excluding hydrogens is 250 g/mol. The van der Waals surface area contributed by atoms with Gasteiger partial charge in [-0.25, -0.2) is 0 Å². The van der Waals surface area contributed by atoms with Crippen molar-refractivity contribution in [2.75, 3.05) is 11.9 Å². The summed E-state index contributed by atoms with van der Waals surface area (Å²) in [6.07, 6.45) is 0. The first-order valence-corrected chi connectivity index (χ1v) is 6.30. The summed E-state index contributed by atoms with van der Waals surface area (Å²) in [5.41, 5.74) is 2.36. The SMILES string of the molecule is CC(C(=O)N(C)c1nncs1)c1cccc(O)c1. The van der Waals surface area contributed by atoms with Crippen LogP contribution >= 0.6 is 11.3 Å². The van der Waals surface area contributed by atoms with Crippen LogP contribution in [0.2, 0.25) is 0 Å². The lowest BCUT2D eigenvalue weighted by atomic mass is 10.00. The number of anilines is 1. The topological polar surface area (TPSA) is 66.3 Å². The molecule has 1 N–H and O–H groups in total. The molecule has 1 heterocycles. The summed E-state index contributed by atoms with van der Waals surface area (Å²) in [5, 5.41) is 17.5. The number of phenols is 1. The van der Waals surface area contributed by atoms with Crippen LogP contribution in [0.5, 0.6) is 5.75 Å². The van der Waals surface area contributed by atoms with Crippen molar-refractivity contribution in [2.45, 2.75) is 12.8 Å². The minimum absolute atomic E-state index is 0.0858. The normalized spacial score (nSPS) is 12.1. The fraction of sp³-hybridized carbons (Fsp3) is 0.250. The van der Waals surface area contributed by atoms with E-state index in [1.165, 1.54) is 16.2 Å². The highest BCUT2D eigenvalue weighted by Crippen LogP contribution is 2.24. The average Bonchev–Trinajstić information content (AvgIpc) is 2.90. The van der Waals surface area contributed by atoms with Gasteiger partial charge >= 0.3 is 0 Å². The van der Waals surface area contributed by atoms with Crippen molar-refractivity contribution in [3.8, 4) is 5.75 Å². The number of nitrogens with zero attached hydrogens (tertiary/aromatic N) is 3. The lowest BCUT2D eigenvalue weighted by Gasteiger charge is -2.18. The number of likely N-dealkylation sites (N-methyl/N-ethyl adjacent to an activating group) is 1. The van der Waals surface area contributed by atoms with Crippen LogP contribution in [0.1, 0.15) is 18.4 Å². The highest BCUT2D eigenvalue weighted by Gasteiger charge is 2.22. The van der Waals surface area contributed by atoms with E-state index in [4.69, 9.17) is 0 Å². The third-order valence-corrected chi connectivity index (χ3v) is 3.47. The van der Waals surface area contributed by atoms with E-state index in [0.717, 1.165) is 5.56 Å². The summed E-state index contributed by atoms with van der Waals surface area (Å²) in [6, 6.07) is 6.71. The Morgan fingerprint density at radius 2 is 2.28 bits per heavy atom. The highest BCUT2D eigenvalue weighted by atomic mass is 32.1. The van der Waals surface area contributed by atoms with Gasteiger partial charge in [0.25, 0.3) is 0 Å². The first-order chi connectivity index (χ1) is 8.59. The highest BCUT2D eigenvalue weighted by molar-refractivity contribution is 7.13. The minimum atomic E-state index is -0.342. The third kappa shape index (κ3) is 2.48. The quantitative estimate of drug-likeness (QED) is 0.920. The minimum Gasteiger partial charge on any atom is -0.508 e. The van der Waals surface area contributed by atoms with Crippen molar-refractivity contribution in [3.05, 3.63) is 35.3 Å². The van der Waals surface area contributed by atoms with E-state index in [2.05, 4.69) is 10.2 Å². The molecule has 1 unspecified atom stereocenters. The molecule has 1 atom stereocenters. The lowest BCUT2D eigenvalue weighted by Crippen LogP contribution is -2.30. The van der Waals surface area contributed by atoms with Crippen molar-refractivity contribution in [3.63, 3.8) is 0 Å². The van der Waals surface area contributed by atoms with Crippen molar-refractivity contribution in [1.82, 2.24) is 10.2 Å². The Balaban J connectivity index is 2.19. The maximum Gasteiger partial charge on any atom is 0.235 e. The smallest absolute Gasteiger partial charge is 0.235 e. The van der Waals surface area contributed by atoms with E-state index < -0.39 is 0 Å². The molecule has 0 radical (unpaired) electrons. The molecule has 0 spiro atoms. The van der Waals surface area contributed by atoms with Crippen LogP contribution in [0.15, 0.2) is 29.8 Å². The molecule has 1 aromatic heterocycles. The molecule has 0 aliphatic heterocycles. The number of aromatic hydroxyl groups is 1. The van der Waals surface area contributed by atoms with Crippen LogP contribution in [-0.2, 0) is 4.79 Å². The van der Waals surface area contributed by atoms with Gasteiger partial charge in [-0.15, -0.1) is 10.2 Å². The number of benzene rings is 1. The summed E-state index contributed by atoms with van der Waals surface area (Å²) in [4.78, 5) is 13.7. The van der Waals surface area contributed by atoms with Gasteiger partial charge in [-0.3, -0.25) is 9.69 Å². The summed E-state index contributed by atoms with van der Waals surface area (Å²) in [6.45, 7) is 1.80. The summed E-state index contributed by atoms with van der Waals surface area (Å²) in [7, 11) is 1.67. The maximum atomic E-state index is 12.2. The molecule has 2 aromatic rings. The Morgan fingerprint density at radius 3 is 2.89 bits per heavy atom. The number of phenolic OH excluding ortho intramolecular Hbond substituents is 1. The number of hydrogen-bond acceptors (Lipinski definition) is 5. The Hall–Kier alpha value is -1.95. The third-order valence-electron chi connectivity index (χ3n) is 2.71. The molecule has 0 fully saturated rings. The predicted molar refractivity (Wildman–Crippen MR) is 69.8 cm³/mol. The molecule has 1 amide bonds. The van der Waals surface area contributed by atoms with E-state index in [1.807, 2.05) is 6.07 Å². The molecule has 5 nitrogen and oxygen atoms in total. The molecule has 0 aliphatic carbocycles. The van der Waals surface area contributed by atoms with Crippen molar-refractivity contribution in [2.24, 2.45) is 0 Å². The Morgan fingerprint density at radius 1 is 1.50 bits per heavy atom. The standard InChI is InChI=1S/C12H13N3O2S/c1-8(9-4-3-5-10(16)6-9)11(17)15(2)12-14-13-7-18-12/h3-8,16H,1-2H3. The Bertz CT molecular complexity index is 542. The van der Waals surface area contributed by atoms with Crippen LogP contribution < -0.4 is 4.90 Å². The van der Waals surface area contributed by atoms with Gasteiger partial charge in [-0.2, -0.15) is 0 Å². The number of aromatic nitrogens is 2. The zero-order chi connectivity index (χ0) is 13.1. The molecular formula is C12H13N3O2S. The molecule has 18 heavy (non-hydrogen) atoms. The van der Waals surface area contributed by atoms with E-state index in [-0.39, 0.29) is 17.6 Å². The Labute approximate surface area is 109 Å². The summed E-state index contributed by atoms with van der Waals surface area (Å²) in [5.74, 6) is -0.269. The van der Waals surface area contributed by atoms with Gasteiger partial charge in [-0.1, -0.05) is 23.5 Å². The maximum absolute atomic E-state index is 12.2. The zero-order valence-corrected chi connectivity index (χ0v) is 10.9. The molecule has 0 saturated carbocycles. The first kappa shape index (κ1) is 12.5. The number of carbonyl (C=O) groups is 1. The van der Waals surface area contributed by atoms with Crippen LogP contribution in [0.3, 0.4) is 0 Å². The summed E-state index contributed by atoms with van der Waals surface area (Å²) < 4.78 is 0. The number of carbonyl (C=O) groups excluding carboxylic acids is 1. The van der Waals surface area contributed by atoms with Crippen LogP contribution in [-0.4, -0.2) is 28.3 Å². The fourth-order valence-electron chi connectivity index (χ4n) is 1.63. The van der Waals surface area contributed by atoms with Crippen LogP contribution in [0.25, 0.3) is 0 Å². The number of amides is 1. The van der Waals surface area contributed by atoms with Gasteiger partial charge in [0.05, 0.1) is 5.92 Å². The fourth-order valence-corrected chi connectivity index (χ4v) is 2.17. The van der Waals surface area contributed by atoms with Gasteiger partial charge in [0.1, 0.15) is 11.3 Å². The van der Waals surface area contributed by atoms with E-state index in [9.17, 15) is 9.90 Å². The molecule has 6 heteroatoms. The average molecular weight is 263 g/mol. The monoisotopic (exact) mass is 263 g/mol. The van der Waals surface area contributed by atoms with Crippen LogP contribution in [0.4, 0.5) is 5.13 Å². The van der Waals surface area contributed by atoms with Gasteiger partial charge in [-0.05, 0) is 24.6 Å².